The van der Waals surface area contributed by atoms with Gasteiger partial charge in [-0.2, -0.15) is 10.4 Å². The van der Waals surface area contributed by atoms with E-state index in [0.29, 0.717) is 11.4 Å². The second kappa shape index (κ2) is 3.24. The second-order valence-corrected chi connectivity index (χ2v) is 3.47. The van der Waals surface area contributed by atoms with Crippen molar-refractivity contribution in [1.29, 1.82) is 5.26 Å². The fourth-order valence-corrected chi connectivity index (χ4v) is 1.24. The summed E-state index contributed by atoms with van der Waals surface area (Å²) in [5.74, 6) is 0.460. The molecule has 1 aliphatic carbocycles. The monoisotopic (exact) mass is 190 g/mol. The fraction of sp³-hybridized carbons (Fsp3) is 0.444. The number of nitriles is 1. The van der Waals surface area contributed by atoms with Gasteiger partial charge in [0.25, 0.3) is 0 Å². The van der Waals surface area contributed by atoms with Gasteiger partial charge in [-0.15, -0.1) is 5.10 Å². The first-order valence-electron chi connectivity index (χ1n) is 4.40. The molecule has 1 aromatic heterocycles. The van der Waals surface area contributed by atoms with Crippen molar-refractivity contribution in [1.82, 2.24) is 10.2 Å². The predicted octanol–water partition coefficient (Wildman–Crippen LogP) is 0.285. The molecule has 0 atom stereocenters. The van der Waals surface area contributed by atoms with Crippen LogP contribution < -0.4 is 5.32 Å². The summed E-state index contributed by atoms with van der Waals surface area (Å²) in [7, 11) is 0. The first kappa shape index (κ1) is 8.91. The van der Waals surface area contributed by atoms with Crippen LogP contribution in [0.4, 0.5) is 5.82 Å². The van der Waals surface area contributed by atoms with Gasteiger partial charge < -0.3 is 10.4 Å². The third kappa shape index (κ3) is 1.52. The van der Waals surface area contributed by atoms with Crippen molar-refractivity contribution < 1.29 is 5.11 Å². The molecule has 0 saturated heterocycles. The van der Waals surface area contributed by atoms with Crippen molar-refractivity contribution in [3.05, 3.63) is 17.8 Å². The average Bonchev–Trinajstić information content (AvgIpc) is 2.99. The van der Waals surface area contributed by atoms with Gasteiger partial charge in [0.1, 0.15) is 6.07 Å². The molecule has 72 valence electrons. The minimum atomic E-state index is -0.262. The lowest BCUT2D eigenvalue weighted by molar-refractivity contribution is 0.266. The number of aromatic nitrogens is 2. The number of rotatable bonds is 3. The first-order valence-corrected chi connectivity index (χ1v) is 4.40. The molecule has 0 amide bonds. The molecule has 1 fully saturated rings. The van der Waals surface area contributed by atoms with E-state index in [2.05, 4.69) is 15.5 Å². The van der Waals surface area contributed by atoms with Gasteiger partial charge in [0.15, 0.2) is 5.82 Å². The van der Waals surface area contributed by atoms with Crippen molar-refractivity contribution in [2.24, 2.45) is 0 Å². The number of aliphatic hydroxyl groups excluding tert-OH is 1. The van der Waals surface area contributed by atoms with E-state index < -0.39 is 0 Å². The summed E-state index contributed by atoms with van der Waals surface area (Å²) < 4.78 is 0. The molecular weight excluding hydrogens is 180 g/mol. The summed E-state index contributed by atoms with van der Waals surface area (Å²) in [6, 6.07) is 3.62. The fourth-order valence-electron chi connectivity index (χ4n) is 1.24. The van der Waals surface area contributed by atoms with Gasteiger partial charge in [-0.1, -0.05) is 0 Å². The molecule has 0 aromatic carbocycles. The van der Waals surface area contributed by atoms with E-state index in [-0.39, 0.29) is 12.1 Å². The summed E-state index contributed by atoms with van der Waals surface area (Å²) in [5, 5.41) is 28.5. The van der Waals surface area contributed by atoms with E-state index in [1.165, 1.54) is 6.20 Å². The van der Waals surface area contributed by atoms with Gasteiger partial charge in [0, 0.05) is 0 Å². The minimum Gasteiger partial charge on any atom is -0.394 e. The summed E-state index contributed by atoms with van der Waals surface area (Å²) in [5.41, 5.74) is 0.196. The average molecular weight is 190 g/mol. The Labute approximate surface area is 81.4 Å². The van der Waals surface area contributed by atoms with Crippen LogP contribution in [0, 0.1) is 11.3 Å². The van der Waals surface area contributed by atoms with E-state index in [0.717, 1.165) is 12.8 Å². The second-order valence-electron chi connectivity index (χ2n) is 3.47. The van der Waals surface area contributed by atoms with Crippen LogP contribution in [0.1, 0.15) is 18.4 Å². The molecule has 1 heterocycles. The van der Waals surface area contributed by atoms with Crippen LogP contribution in [0.2, 0.25) is 0 Å². The summed E-state index contributed by atoms with van der Waals surface area (Å²) in [6.45, 7) is 0.0639. The lowest BCUT2D eigenvalue weighted by atomic mass is 10.2. The van der Waals surface area contributed by atoms with Crippen LogP contribution in [-0.4, -0.2) is 27.4 Å². The Morgan fingerprint density at radius 2 is 2.43 bits per heavy atom. The third-order valence-electron chi connectivity index (χ3n) is 2.38. The van der Waals surface area contributed by atoms with Crippen molar-refractivity contribution >= 4 is 5.82 Å². The van der Waals surface area contributed by atoms with Crippen LogP contribution in [0.3, 0.4) is 0 Å². The lowest BCUT2D eigenvalue weighted by Gasteiger charge is -2.14. The first-order chi connectivity index (χ1) is 6.79. The zero-order valence-corrected chi connectivity index (χ0v) is 7.56. The molecule has 14 heavy (non-hydrogen) atoms. The molecule has 0 radical (unpaired) electrons. The van der Waals surface area contributed by atoms with Gasteiger partial charge in [-0.3, -0.25) is 0 Å². The van der Waals surface area contributed by atoms with Crippen LogP contribution in [0.25, 0.3) is 0 Å². The van der Waals surface area contributed by atoms with E-state index >= 15 is 0 Å². The lowest BCUT2D eigenvalue weighted by Crippen LogP contribution is -2.26. The van der Waals surface area contributed by atoms with Crippen molar-refractivity contribution in [3.8, 4) is 6.07 Å². The van der Waals surface area contributed by atoms with E-state index in [1.54, 1.807) is 6.07 Å². The predicted molar refractivity (Wildman–Crippen MR) is 49.4 cm³/mol. The SMILES string of the molecule is N#Cc1ccnnc1NC1(CO)CC1. The molecule has 2 rings (SSSR count). The Balaban J connectivity index is 2.21. The largest absolute Gasteiger partial charge is 0.394 e. The zero-order valence-electron chi connectivity index (χ0n) is 7.56. The van der Waals surface area contributed by atoms with E-state index in [9.17, 15) is 0 Å². The molecule has 0 aliphatic heterocycles. The smallest absolute Gasteiger partial charge is 0.167 e. The maximum absolute atomic E-state index is 9.09. The molecule has 5 nitrogen and oxygen atoms in total. The maximum Gasteiger partial charge on any atom is 0.167 e. The Hall–Kier alpha value is -1.67. The van der Waals surface area contributed by atoms with Gasteiger partial charge in [-0.05, 0) is 18.9 Å². The van der Waals surface area contributed by atoms with Gasteiger partial charge in [0.2, 0.25) is 0 Å². The van der Waals surface area contributed by atoms with Crippen molar-refractivity contribution in [3.63, 3.8) is 0 Å². The maximum atomic E-state index is 9.09. The number of hydrogen-bond acceptors (Lipinski definition) is 5. The van der Waals surface area contributed by atoms with Crippen LogP contribution in [0.5, 0.6) is 0 Å². The minimum absolute atomic E-state index is 0.0639. The van der Waals surface area contributed by atoms with Gasteiger partial charge >= 0.3 is 0 Å². The highest BCUT2D eigenvalue weighted by Crippen LogP contribution is 2.38. The molecule has 1 saturated carbocycles. The quantitative estimate of drug-likeness (QED) is 0.715. The highest BCUT2D eigenvalue weighted by molar-refractivity contribution is 5.53. The molecule has 1 aliphatic rings. The molecule has 0 spiro atoms. The zero-order chi connectivity index (χ0) is 10.0. The molecule has 2 N–H and O–H groups in total. The standard InChI is InChI=1S/C9H10N4O/c10-5-7-1-4-11-13-8(7)12-9(6-14)2-3-9/h1,4,14H,2-3,6H2,(H,12,13). The Morgan fingerprint density at radius 3 is 3.00 bits per heavy atom. The normalized spacial score (nSPS) is 17.1. The molecule has 5 heteroatoms. The highest BCUT2D eigenvalue weighted by atomic mass is 16.3. The van der Waals surface area contributed by atoms with E-state index in [1.807, 2.05) is 6.07 Å². The summed E-state index contributed by atoms with van der Waals surface area (Å²) >= 11 is 0. The van der Waals surface area contributed by atoms with Crippen LogP contribution >= 0.6 is 0 Å². The Bertz CT molecular complexity index is 381. The molecular formula is C9H10N4O. The summed E-state index contributed by atoms with van der Waals surface area (Å²) in [4.78, 5) is 0. The number of nitrogens with one attached hydrogen (secondary N) is 1. The Kier molecular flexibility index (Phi) is 2.06. The van der Waals surface area contributed by atoms with Crippen LogP contribution in [-0.2, 0) is 0 Å². The van der Waals surface area contributed by atoms with Gasteiger partial charge in [-0.25, -0.2) is 0 Å². The van der Waals surface area contributed by atoms with Crippen LogP contribution in [0.15, 0.2) is 12.3 Å². The molecule has 0 unspecified atom stereocenters. The van der Waals surface area contributed by atoms with Crippen molar-refractivity contribution in [2.75, 3.05) is 11.9 Å². The number of nitrogens with zero attached hydrogens (tertiary/aromatic N) is 3. The van der Waals surface area contributed by atoms with Crippen molar-refractivity contribution in [2.45, 2.75) is 18.4 Å². The van der Waals surface area contributed by atoms with E-state index in [4.69, 9.17) is 10.4 Å². The highest BCUT2D eigenvalue weighted by Gasteiger charge is 2.42. The topological polar surface area (TPSA) is 81.8 Å². The van der Waals surface area contributed by atoms with Gasteiger partial charge in [0.05, 0.1) is 23.9 Å². The third-order valence-corrected chi connectivity index (χ3v) is 2.38. The molecule has 0 bridgehead atoms. The Morgan fingerprint density at radius 1 is 1.64 bits per heavy atom. The molecule has 1 aromatic rings. The number of aliphatic hydroxyl groups is 1. The number of anilines is 1. The number of hydrogen-bond donors (Lipinski definition) is 2. The summed E-state index contributed by atoms with van der Waals surface area (Å²) in [6.07, 6.45) is 3.29.